The molecule has 4 rings (SSSR count). The lowest BCUT2D eigenvalue weighted by Crippen LogP contribution is -2.38. The molecule has 1 saturated heterocycles. The second-order valence-corrected chi connectivity index (χ2v) is 10.1. The first kappa shape index (κ1) is 22.9. The maximum Gasteiger partial charge on any atom is 0.160 e. The van der Waals surface area contributed by atoms with Gasteiger partial charge in [0.25, 0.3) is 0 Å². The Morgan fingerprint density at radius 1 is 0.839 bits per heavy atom. The number of hydrogen-bond donors (Lipinski definition) is 0. The van der Waals surface area contributed by atoms with E-state index in [1.54, 1.807) is 6.07 Å². The minimum absolute atomic E-state index is 0.00879. The highest BCUT2D eigenvalue weighted by atomic mass is 19.2. The van der Waals surface area contributed by atoms with E-state index in [1.807, 2.05) is 6.92 Å². The molecule has 0 bridgehead atoms. The zero-order valence-corrected chi connectivity index (χ0v) is 18.9. The van der Waals surface area contributed by atoms with Crippen molar-refractivity contribution < 1.29 is 18.3 Å². The van der Waals surface area contributed by atoms with Crippen LogP contribution in [0.1, 0.15) is 70.3 Å². The van der Waals surface area contributed by atoms with Crippen molar-refractivity contribution in [1.29, 1.82) is 0 Å². The Bertz CT molecular complexity index is 710. The average Bonchev–Trinajstić information content (AvgIpc) is 2.81. The van der Waals surface area contributed by atoms with Crippen molar-refractivity contribution in [3.05, 3.63) is 47.5 Å². The number of halogens is 2. The van der Waals surface area contributed by atoms with Gasteiger partial charge < -0.3 is 9.47 Å². The van der Waals surface area contributed by atoms with E-state index in [0.717, 1.165) is 49.4 Å². The summed E-state index contributed by atoms with van der Waals surface area (Å²) < 4.78 is 38.6. The molecule has 1 aromatic rings. The summed E-state index contributed by atoms with van der Waals surface area (Å²) in [5.41, 5.74) is 0.920. The highest BCUT2D eigenvalue weighted by Gasteiger charge is 2.35. The Morgan fingerprint density at radius 2 is 1.45 bits per heavy atom. The smallest absolute Gasteiger partial charge is 0.160 e. The first-order valence-electron chi connectivity index (χ1n) is 12.4. The summed E-state index contributed by atoms with van der Waals surface area (Å²) >= 11 is 0. The maximum absolute atomic E-state index is 13.4. The third kappa shape index (κ3) is 6.16. The third-order valence-electron chi connectivity index (χ3n) is 8.00. The molecule has 0 amide bonds. The quantitative estimate of drug-likeness (QED) is 0.447. The Kier molecular flexibility index (Phi) is 8.17. The van der Waals surface area contributed by atoms with Crippen LogP contribution < -0.4 is 0 Å². The second-order valence-electron chi connectivity index (χ2n) is 10.1. The molecule has 2 nitrogen and oxygen atoms in total. The van der Waals surface area contributed by atoms with Gasteiger partial charge in [-0.15, -0.1) is 0 Å². The lowest BCUT2D eigenvalue weighted by atomic mass is 9.68. The lowest BCUT2D eigenvalue weighted by Gasteiger charge is -2.40. The van der Waals surface area contributed by atoms with E-state index >= 15 is 0 Å². The van der Waals surface area contributed by atoms with Gasteiger partial charge in [0.2, 0.25) is 0 Å². The minimum atomic E-state index is -0.751. The van der Waals surface area contributed by atoms with E-state index in [9.17, 15) is 8.78 Å². The Balaban J connectivity index is 1.15. The number of aryl methyl sites for hydroxylation is 1. The summed E-state index contributed by atoms with van der Waals surface area (Å²) in [5, 5.41) is 0. The largest absolute Gasteiger partial charge is 0.352 e. The van der Waals surface area contributed by atoms with Gasteiger partial charge in [-0.3, -0.25) is 0 Å². The zero-order chi connectivity index (χ0) is 21.6. The molecule has 172 valence electrons. The van der Waals surface area contributed by atoms with Crippen LogP contribution in [0, 0.1) is 41.2 Å². The fraction of sp³-hybridized carbons (Fsp3) is 0.704. The van der Waals surface area contributed by atoms with E-state index in [1.165, 1.54) is 63.5 Å². The molecule has 4 heteroatoms. The molecule has 1 aromatic carbocycles. The molecule has 0 spiro atoms. The molecule has 0 radical (unpaired) electrons. The third-order valence-corrected chi connectivity index (χ3v) is 8.00. The van der Waals surface area contributed by atoms with Crippen LogP contribution in [0.5, 0.6) is 0 Å². The predicted octanol–water partition coefficient (Wildman–Crippen LogP) is 7.08. The van der Waals surface area contributed by atoms with Gasteiger partial charge in [-0.05, 0) is 93.7 Å². The molecule has 0 aromatic heterocycles. The van der Waals surface area contributed by atoms with Gasteiger partial charge in [0.15, 0.2) is 17.9 Å². The van der Waals surface area contributed by atoms with Crippen LogP contribution in [-0.2, 0) is 15.9 Å². The highest BCUT2D eigenvalue weighted by molar-refractivity contribution is 5.17. The van der Waals surface area contributed by atoms with Crippen LogP contribution in [0.3, 0.4) is 0 Å². The van der Waals surface area contributed by atoms with Crippen molar-refractivity contribution in [2.75, 3.05) is 13.2 Å². The number of hydrogen-bond acceptors (Lipinski definition) is 2. The van der Waals surface area contributed by atoms with E-state index in [4.69, 9.17) is 9.47 Å². The van der Waals surface area contributed by atoms with Crippen molar-refractivity contribution >= 4 is 0 Å². The van der Waals surface area contributed by atoms with E-state index in [-0.39, 0.29) is 6.29 Å². The molecule has 0 unspecified atom stereocenters. The molecular formula is C27H38F2O2. The van der Waals surface area contributed by atoms with Gasteiger partial charge in [-0.25, -0.2) is 8.78 Å². The van der Waals surface area contributed by atoms with Gasteiger partial charge in [0, 0.05) is 11.8 Å². The van der Waals surface area contributed by atoms with E-state index in [2.05, 4.69) is 12.2 Å². The number of benzene rings is 1. The topological polar surface area (TPSA) is 18.5 Å². The number of rotatable bonds is 6. The molecule has 0 atom stereocenters. The molecule has 3 fully saturated rings. The summed E-state index contributed by atoms with van der Waals surface area (Å²) in [6.07, 6.45) is 16.6. The van der Waals surface area contributed by atoms with Crippen LogP contribution in [-0.4, -0.2) is 19.5 Å². The first-order valence-corrected chi connectivity index (χ1v) is 12.4. The lowest BCUT2D eigenvalue weighted by molar-refractivity contribution is -0.223. The average molecular weight is 433 g/mol. The summed E-state index contributed by atoms with van der Waals surface area (Å²) in [5.74, 6) is 1.97. The van der Waals surface area contributed by atoms with Crippen molar-refractivity contribution in [3.63, 3.8) is 0 Å². The standard InChI is InChI=1S/C27H38F2O2/c1-2-3-21-17-30-27(31-18-21)24-13-11-23(12-14-24)22-9-6-19(7-10-22)4-5-20-8-15-25(28)26(29)16-20/h2-3,8,15-16,19,21-24,27H,4-7,9-14,17-18H2,1H3. The van der Waals surface area contributed by atoms with Crippen LogP contribution in [0.2, 0.25) is 0 Å². The molecule has 3 aliphatic rings. The Labute approximate surface area is 186 Å². The van der Waals surface area contributed by atoms with Crippen LogP contribution in [0.15, 0.2) is 30.4 Å². The summed E-state index contributed by atoms with van der Waals surface area (Å²) in [4.78, 5) is 0. The maximum atomic E-state index is 13.4. The van der Waals surface area contributed by atoms with Gasteiger partial charge in [-0.1, -0.05) is 31.1 Å². The van der Waals surface area contributed by atoms with Crippen LogP contribution in [0.25, 0.3) is 0 Å². The number of ether oxygens (including phenoxy) is 2. The highest BCUT2D eigenvalue weighted by Crippen LogP contribution is 2.43. The molecule has 31 heavy (non-hydrogen) atoms. The molecule has 2 aliphatic carbocycles. The van der Waals surface area contributed by atoms with Gasteiger partial charge in [0.1, 0.15) is 0 Å². The SMILES string of the molecule is CC=CC1COC(C2CCC(C3CCC(CCc4ccc(F)c(F)c4)CC3)CC2)OC1. The van der Waals surface area contributed by atoms with Gasteiger partial charge in [-0.2, -0.15) is 0 Å². The minimum Gasteiger partial charge on any atom is -0.352 e. The summed E-state index contributed by atoms with van der Waals surface area (Å²) in [7, 11) is 0. The monoisotopic (exact) mass is 432 g/mol. The van der Waals surface area contributed by atoms with Crippen molar-refractivity contribution in [2.24, 2.45) is 29.6 Å². The fourth-order valence-corrected chi connectivity index (χ4v) is 6.09. The normalized spacial score (nSPS) is 34.8. The zero-order valence-electron chi connectivity index (χ0n) is 18.9. The van der Waals surface area contributed by atoms with Crippen LogP contribution >= 0.6 is 0 Å². The molecule has 0 N–H and O–H groups in total. The predicted molar refractivity (Wildman–Crippen MR) is 120 cm³/mol. The Morgan fingerprint density at radius 3 is 2.06 bits per heavy atom. The Hall–Kier alpha value is -1.26. The van der Waals surface area contributed by atoms with Crippen molar-refractivity contribution in [2.45, 2.75) is 77.4 Å². The second kappa shape index (κ2) is 11.0. The molecule has 1 heterocycles. The first-order chi connectivity index (χ1) is 15.1. The van der Waals surface area contributed by atoms with Crippen LogP contribution in [0.4, 0.5) is 8.78 Å². The van der Waals surface area contributed by atoms with Gasteiger partial charge >= 0.3 is 0 Å². The number of allylic oxidation sites excluding steroid dienone is 1. The van der Waals surface area contributed by atoms with Crippen molar-refractivity contribution in [3.8, 4) is 0 Å². The van der Waals surface area contributed by atoms with E-state index < -0.39 is 11.6 Å². The van der Waals surface area contributed by atoms with Crippen molar-refractivity contribution in [1.82, 2.24) is 0 Å². The van der Waals surface area contributed by atoms with Gasteiger partial charge in [0.05, 0.1) is 13.2 Å². The summed E-state index contributed by atoms with van der Waals surface area (Å²) in [6, 6.07) is 4.34. The molecular weight excluding hydrogens is 394 g/mol. The molecule has 2 saturated carbocycles. The van der Waals surface area contributed by atoms with E-state index in [0.29, 0.717) is 11.8 Å². The molecule has 1 aliphatic heterocycles. The fourth-order valence-electron chi connectivity index (χ4n) is 6.09. The summed E-state index contributed by atoms with van der Waals surface area (Å²) in [6.45, 7) is 3.64.